The van der Waals surface area contributed by atoms with Crippen LogP contribution >= 0.6 is 0 Å². The summed E-state index contributed by atoms with van der Waals surface area (Å²) in [7, 11) is 0. The number of hydrogen-bond donors (Lipinski definition) is 2. The molecule has 1 heterocycles. The van der Waals surface area contributed by atoms with Crippen LogP contribution in [0.3, 0.4) is 0 Å². The third-order valence-corrected chi connectivity index (χ3v) is 2.44. The molecule has 0 amide bonds. The van der Waals surface area contributed by atoms with Crippen LogP contribution in [0.5, 0.6) is 5.75 Å². The molecule has 1 aliphatic rings. The van der Waals surface area contributed by atoms with Gasteiger partial charge in [-0.15, -0.1) is 0 Å². The Kier molecular flexibility index (Phi) is 2.70. The summed E-state index contributed by atoms with van der Waals surface area (Å²) in [6.07, 6.45) is 0.790. The second kappa shape index (κ2) is 3.98. The van der Waals surface area contributed by atoms with Crippen molar-refractivity contribution in [3.8, 4) is 5.75 Å². The van der Waals surface area contributed by atoms with Crippen molar-refractivity contribution in [2.24, 2.45) is 0 Å². The van der Waals surface area contributed by atoms with Crippen molar-refractivity contribution in [2.45, 2.75) is 18.9 Å². The summed E-state index contributed by atoms with van der Waals surface area (Å²) >= 11 is 0. The monoisotopic (exact) mass is 194 g/mol. The van der Waals surface area contributed by atoms with Gasteiger partial charge < -0.3 is 14.9 Å². The summed E-state index contributed by atoms with van der Waals surface area (Å²) in [5.74, 6) is 0.951. The zero-order valence-corrected chi connectivity index (χ0v) is 7.94. The topological polar surface area (TPSA) is 49.7 Å². The van der Waals surface area contributed by atoms with E-state index in [1.54, 1.807) is 0 Å². The van der Waals surface area contributed by atoms with Crippen molar-refractivity contribution in [2.75, 3.05) is 13.2 Å². The van der Waals surface area contributed by atoms with Gasteiger partial charge in [0.15, 0.2) is 0 Å². The third kappa shape index (κ3) is 1.89. The van der Waals surface area contributed by atoms with Crippen LogP contribution in [0.25, 0.3) is 0 Å². The van der Waals surface area contributed by atoms with E-state index in [0.29, 0.717) is 6.42 Å². The highest BCUT2D eigenvalue weighted by Crippen LogP contribution is 2.26. The molecule has 1 unspecified atom stereocenters. The van der Waals surface area contributed by atoms with Gasteiger partial charge in [0.05, 0.1) is 19.3 Å². The van der Waals surface area contributed by atoms with Gasteiger partial charge in [-0.1, -0.05) is 12.1 Å². The molecule has 0 saturated carbocycles. The lowest BCUT2D eigenvalue weighted by molar-refractivity contribution is 0.0955. The molecule has 0 saturated heterocycles. The minimum atomic E-state index is -0.657. The molecule has 0 bridgehead atoms. The van der Waals surface area contributed by atoms with E-state index < -0.39 is 6.10 Å². The molecule has 2 rings (SSSR count). The quantitative estimate of drug-likeness (QED) is 0.737. The highest BCUT2D eigenvalue weighted by Gasteiger charge is 2.13. The summed E-state index contributed by atoms with van der Waals surface area (Å²) < 4.78 is 5.37. The average Bonchev–Trinajstić information content (AvgIpc) is 2.64. The molecule has 3 heteroatoms. The van der Waals surface area contributed by atoms with Crippen molar-refractivity contribution in [3.63, 3.8) is 0 Å². The van der Waals surface area contributed by atoms with E-state index in [1.807, 2.05) is 18.2 Å². The first-order valence-corrected chi connectivity index (χ1v) is 4.83. The summed E-state index contributed by atoms with van der Waals surface area (Å²) in [5.41, 5.74) is 2.25. The third-order valence-electron chi connectivity index (χ3n) is 2.44. The highest BCUT2D eigenvalue weighted by atomic mass is 16.5. The standard InChI is InChI=1S/C11H14O3/c12-7-10(13)6-8-1-2-11-9(5-8)3-4-14-11/h1-2,5,10,12-13H,3-4,6-7H2. The Hall–Kier alpha value is -1.06. The molecule has 0 spiro atoms. The van der Waals surface area contributed by atoms with Gasteiger partial charge in [-0.25, -0.2) is 0 Å². The highest BCUT2D eigenvalue weighted by molar-refractivity contribution is 5.39. The van der Waals surface area contributed by atoms with Crippen molar-refractivity contribution in [1.29, 1.82) is 0 Å². The Balaban J connectivity index is 2.12. The number of aliphatic hydroxyl groups excluding tert-OH is 2. The Morgan fingerprint density at radius 2 is 2.29 bits per heavy atom. The molecule has 1 aromatic rings. The Morgan fingerprint density at radius 1 is 1.43 bits per heavy atom. The van der Waals surface area contributed by atoms with Crippen LogP contribution in [0, 0.1) is 0 Å². The minimum absolute atomic E-state index is 0.187. The van der Waals surface area contributed by atoms with Crippen LogP contribution in [0.1, 0.15) is 11.1 Å². The van der Waals surface area contributed by atoms with E-state index in [9.17, 15) is 5.11 Å². The van der Waals surface area contributed by atoms with E-state index in [4.69, 9.17) is 9.84 Å². The predicted octanol–water partition coefficient (Wildman–Crippen LogP) is 0.517. The minimum Gasteiger partial charge on any atom is -0.493 e. The molecule has 0 aromatic heterocycles. The molecular formula is C11H14O3. The van der Waals surface area contributed by atoms with Crippen LogP contribution < -0.4 is 4.74 Å². The van der Waals surface area contributed by atoms with E-state index in [2.05, 4.69) is 0 Å². The van der Waals surface area contributed by atoms with Crippen LogP contribution in [0.4, 0.5) is 0 Å². The van der Waals surface area contributed by atoms with Crippen molar-refractivity contribution >= 4 is 0 Å². The van der Waals surface area contributed by atoms with Crippen LogP contribution in [-0.4, -0.2) is 29.5 Å². The fourth-order valence-corrected chi connectivity index (χ4v) is 1.70. The molecule has 0 aliphatic carbocycles. The zero-order valence-electron chi connectivity index (χ0n) is 7.94. The number of fused-ring (bicyclic) bond motifs is 1. The van der Waals surface area contributed by atoms with Gasteiger partial charge in [-0.2, -0.15) is 0 Å². The van der Waals surface area contributed by atoms with E-state index >= 15 is 0 Å². The second-order valence-corrected chi connectivity index (χ2v) is 3.58. The molecule has 1 aliphatic heterocycles. The largest absolute Gasteiger partial charge is 0.493 e. The summed E-state index contributed by atoms with van der Waals surface area (Å²) in [4.78, 5) is 0. The molecular weight excluding hydrogens is 180 g/mol. The average molecular weight is 194 g/mol. The normalized spacial score (nSPS) is 16.1. The number of aliphatic hydroxyl groups is 2. The molecule has 0 radical (unpaired) electrons. The first-order valence-electron chi connectivity index (χ1n) is 4.83. The maximum atomic E-state index is 9.28. The SMILES string of the molecule is OCC(O)Cc1ccc2c(c1)CCO2. The van der Waals surface area contributed by atoms with Gasteiger partial charge in [0.1, 0.15) is 5.75 Å². The Morgan fingerprint density at radius 3 is 3.07 bits per heavy atom. The van der Waals surface area contributed by atoms with Gasteiger partial charge in [0, 0.05) is 12.8 Å². The lowest BCUT2D eigenvalue weighted by Gasteiger charge is -2.07. The Bertz CT molecular complexity index is 322. The van der Waals surface area contributed by atoms with Gasteiger partial charge in [0.2, 0.25) is 0 Å². The second-order valence-electron chi connectivity index (χ2n) is 3.58. The fourth-order valence-electron chi connectivity index (χ4n) is 1.70. The molecule has 0 fully saturated rings. The van der Waals surface area contributed by atoms with Crippen molar-refractivity contribution in [3.05, 3.63) is 29.3 Å². The fraction of sp³-hybridized carbons (Fsp3) is 0.455. The van der Waals surface area contributed by atoms with Crippen LogP contribution in [0.2, 0.25) is 0 Å². The molecule has 76 valence electrons. The first kappa shape index (κ1) is 9.49. The number of hydrogen-bond acceptors (Lipinski definition) is 3. The lowest BCUT2D eigenvalue weighted by atomic mass is 10.0. The van der Waals surface area contributed by atoms with Crippen LogP contribution in [0.15, 0.2) is 18.2 Å². The van der Waals surface area contributed by atoms with Crippen LogP contribution in [-0.2, 0) is 12.8 Å². The molecule has 1 atom stereocenters. The lowest BCUT2D eigenvalue weighted by Crippen LogP contribution is -2.14. The number of ether oxygens (including phenoxy) is 1. The maximum absolute atomic E-state index is 9.28. The predicted molar refractivity (Wildman–Crippen MR) is 52.4 cm³/mol. The molecule has 14 heavy (non-hydrogen) atoms. The summed E-state index contributed by atoms with van der Waals surface area (Å²) in [6.45, 7) is 0.564. The number of rotatable bonds is 3. The van der Waals surface area contributed by atoms with Gasteiger partial charge in [-0.05, 0) is 17.2 Å². The molecule has 2 N–H and O–H groups in total. The molecule has 1 aromatic carbocycles. The number of benzene rings is 1. The smallest absolute Gasteiger partial charge is 0.122 e. The Labute approximate surface area is 83.0 Å². The van der Waals surface area contributed by atoms with E-state index in [-0.39, 0.29) is 6.61 Å². The maximum Gasteiger partial charge on any atom is 0.122 e. The van der Waals surface area contributed by atoms with Gasteiger partial charge in [0.25, 0.3) is 0 Å². The summed E-state index contributed by atoms with van der Waals surface area (Å²) in [5, 5.41) is 18.0. The van der Waals surface area contributed by atoms with Gasteiger partial charge >= 0.3 is 0 Å². The zero-order chi connectivity index (χ0) is 9.97. The first-order chi connectivity index (χ1) is 6.79. The summed E-state index contributed by atoms with van der Waals surface area (Å²) in [6, 6.07) is 5.91. The van der Waals surface area contributed by atoms with Gasteiger partial charge in [-0.3, -0.25) is 0 Å². The molecule has 3 nitrogen and oxygen atoms in total. The van der Waals surface area contributed by atoms with E-state index in [1.165, 1.54) is 5.56 Å². The van der Waals surface area contributed by atoms with Crippen molar-refractivity contribution in [1.82, 2.24) is 0 Å². The van der Waals surface area contributed by atoms with Crippen molar-refractivity contribution < 1.29 is 14.9 Å². The van der Waals surface area contributed by atoms with E-state index in [0.717, 1.165) is 24.3 Å².